The van der Waals surface area contributed by atoms with Crippen molar-refractivity contribution >= 4 is 34.6 Å². The number of halogens is 1. The summed E-state index contributed by atoms with van der Waals surface area (Å²) in [6.45, 7) is 2.14. The maximum atomic E-state index is 11.2. The van der Waals surface area contributed by atoms with Crippen molar-refractivity contribution in [3.8, 4) is 0 Å². The van der Waals surface area contributed by atoms with E-state index >= 15 is 0 Å². The fourth-order valence-corrected chi connectivity index (χ4v) is 1.89. The van der Waals surface area contributed by atoms with Gasteiger partial charge in [0.1, 0.15) is 5.88 Å². The van der Waals surface area contributed by atoms with Crippen molar-refractivity contribution in [1.82, 2.24) is 0 Å². The Morgan fingerprint density at radius 1 is 0.950 bits per heavy atom. The first-order valence-corrected chi connectivity index (χ1v) is 7.06. The Hall–Kier alpha value is -2.00. The van der Waals surface area contributed by atoms with Gasteiger partial charge in [0.15, 0.2) is 0 Å². The van der Waals surface area contributed by atoms with Crippen LogP contribution in [0.2, 0.25) is 0 Å². The molecule has 0 aromatic heterocycles. The minimum absolute atomic E-state index is 0.0379. The summed E-state index contributed by atoms with van der Waals surface area (Å²) in [7, 11) is 0. The lowest BCUT2D eigenvalue weighted by atomic mass is 10.1. The van der Waals surface area contributed by atoms with Crippen molar-refractivity contribution in [1.29, 1.82) is 0 Å². The van der Waals surface area contributed by atoms with Crippen LogP contribution < -0.4 is 10.6 Å². The maximum Gasteiger partial charge on any atom is 0.239 e. The Kier molecular flexibility index (Phi) is 5.02. The van der Waals surface area contributed by atoms with E-state index in [4.69, 9.17) is 11.6 Å². The number of hydrogen-bond acceptors (Lipinski definition) is 2. The number of anilines is 3. The van der Waals surface area contributed by atoms with Gasteiger partial charge in [-0.3, -0.25) is 4.79 Å². The molecule has 0 saturated carbocycles. The fraction of sp³-hybridized carbons (Fsp3) is 0.188. The summed E-state index contributed by atoms with van der Waals surface area (Å²) in [5, 5.41) is 6.01. The number of benzene rings is 2. The second kappa shape index (κ2) is 6.96. The van der Waals surface area contributed by atoms with E-state index in [2.05, 4.69) is 41.8 Å². The highest BCUT2D eigenvalue weighted by molar-refractivity contribution is 6.29. The lowest BCUT2D eigenvalue weighted by Gasteiger charge is -2.08. The number of hydrogen-bond donors (Lipinski definition) is 2. The van der Waals surface area contributed by atoms with E-state index in [0.717, 1.165) is 23.5 Å². The Morgan fingerprint density at radius 2 is 1.45 bits per heavy atom. The lowest BCUT2D eigenvalue weighted by molar-refractivity contribution is -0.113. The topological polar surface area (TPSA) is 41.1 Å². The zero-order valence-electron chi connectivity index (χ0n) is 11.3. The first kappa shape index (κ1) is 14.4. The van der Waals surface area contributed by atoms with E-state index in [1.165, 1.54) is 5.56 Å². The monoisotopic (exact) mass is 288 g/mol. The van der Waals surface area contributed by atoms with E-state index in [0.29, 0.717) is 0 Å². The summed E-state index contributed by atoms with van der Waals surface area (Å²) < 4.78 is 0. The summed E-state index contributed by atoms with van der Waals surface area (Å²) >= 11 is 5.44. The molecule has 2 aromatic carbocycles. The van der Waals surface area contributed by atoms with Crippen molar-refractivity contribution in [2.75, 3.05) is 16.5 Å². The van der Waals surface area contributed by atoms with Crippen LogP contribution in [0.5, 0.6) is 0 Å². The number of carbonyl (C=O) groups is 1. The first-order valence-electron chi connectivity index (χ1n) is 6.53. The van der Waals surface area contributed by atoms with Crippen molar-refractivity contribution in [3.63, 3.8) is 0 Å². The van der Waals surface area contributed by atoms with Crippen LogP contribution in [-0.2, 0) is 11.2 Å². The molecule has 2 N–H and O–H groups in total. The van der Waals surface area contributed by atoms with Gasteiger partial charge in [0, 0.05) is 17.1 Å². The molecule has 0 aliphatic heterocycles. The Bertz CT molecular complexity index is 564. The van der Waals surface area contributed by atoms with Crippen LogP contribution in [0.4, 0.5) is 17.1 Å². The average Bonchev–Trinajstić information content (AvgIpc) is 2.50. The Labute approximate surface area is 124 Å². The summed E-state index contributed by atoms with van der Waals surface area (Å²) in [6.07, 6.45) is 1.04. The van der Waals surface area contributed by atoms with Crippen molar-refractivity contribution in [2.45, 2.75) is 13.3 Å². The molecule has 4 heteroatoms. The standard InChI is InChI=1S/C16H17ClN2O/c1-2-12-3-5-13(6-4-12)18-14-7-9-15(10-8-14)19-16(20)11-17/h3-10,18H,2,11H2,1H3,(H,19,20). The van der Waals surface area contributed by atoms with Gasteiger partial charge in [-0.1, -0.05) is 19.1 Å². The highest BCUT2D eigenvalue weighted by atomic mass is 35.5. The molecule has 0 aliphatic rings. The molecule has 1 amide bonds. The second-order valence-electron chi connectivity index (χ2n) is 4.43. The zero-order chi connectivity index (χ0) is 14.4. The number of alkyl halides is 1. The van der Waals surface area contributed by atoms with Gasteiger partial charge >= 0.3 is 0 Å². The SMILES string of the molecule is CCc1ccc(Nc2ccc(NC(=O)CCl)cc2)cc1. The summed E-state index contributed by atoms with van der Waals surface area (Å²) in [5.41, 5.74) is 4.06. The highest BCUT2D eigenvalue weighted by Gasteiger charge is 2.00. The van der Waals surface area contributed by atoms with E-state index < -0.39 is 0 Å². The highest BCUT2D eigenvalue weighted by Crippen LogP contribution is 2.19. The normalized spacial score (nSPS) is 10.1. The summed E-state index contributed by atoms with van der Waals surface area (Å²) in [4.78, 5) is 11.2. The van der Waals surface area contributed by atoms with Gasteiger partial charge in [-0.2, -0.15) is 0 Å². The minimum atomic E-state index is -0.206. The molecule has 0 saturated heterocycles. The fourth-order valence-electron chi connectivity index (χ4n) is 1.82. The van der Waals surface area contributed by atoms with Crippen LogP contribution in [0.25, 0.3) is 0 Å². The maximum absolute atomic E-state index is 11.2. The molecule has 3 nitrogen and oxygen atoms in total. The first-order chi connectivity index (χ1) is 9.71. The number of rotatable bonds is 5. The Balaban J connectivity index is 2.00. The van der Waals surface area contributed by atoms with E-state index in [9.17, 15) is 4.79 Å². The van der Waals surface area contributed by atoms with Crippen LogP contribution in [0, 0.1) is 0 Å². The van der Waals surface area contributed by atoms with Crippen LogP contribution in [-0.4, -0.2) is 11.8 Å². The number of carbonyl (C=O) groups excluding carboxylic acids is 1. The van der Waals surface area contributed by atoms with Crippen LogP contribution in [0.15, 0.2) is 48.5 Å². The minimum Gasteiger partial charge on any atom is -0.356 e. The third kappa shape index (κ3) is 4.00. The quantitative estimate of drug-likeness (QED) is 0.811. The van der Waals surface area contributed by atoms with Gasteiger partial charge in [0.25, 0.3) is 0 Å². The second-order valence-corrected chi connectivity index (χ2v) is 4.70. The van der Waals surface area contributed by atoms with Gasteiger partial charge in [0.05, 0.1) is 0 Å². The van der Waals surface area contributed by atoms with E-state index in [1.807, 2.05) is 24.3 Å². The molecule has 0 fully saturated rings. The third-order valence-corrected chi connectivity index (χ3v) is 3.18. The number of aryl methyl sites for hydroxylation is 1. The molecule has 0 spiro atoms. The lowest BCUT2D eigenvalue weighted by Crippen LogP contribution is -2.12. The van der Waals surface area contributed by atoms with Crippen LogP contribution in [0.3, 0.4) is 0 Å². The largest absolute Gasteiger partial charge is 0.356 e. The molecule has 0 atom stereocenters. The molecular weight excluding hydrogens is 272 g/mol. The number of amides is 1. The van der Waals surface area contributed by atoms with Crippen molar-refractivity contribution in [3.05, 3.63) is 54.1 Å². The van der Waals surface area contributed by atoms with Gasteiger partial charge in [0.2, 0.25) is 5.91 Å². The predicted molar refractivity (Wildman–Crippen MR) is 84.9 cm³/mol. The zero-order valence-corrected chi connectivity index (χ0v) is 12.1. The molecule has 0 heterocycles. The smallest absolute Gasteiger partial charge is 0.239 e. The molecule has 0 bridgehead atoms. The Morgan fingerprint density at radius 3 is 1.95 bits per heavy atom. The van der Waals surface area contributed by atoms with Crippen LogP contribution in [0.1, 0.15) is 12.5 Å². The van der Waals surface area contributed by atoms with Gasteiger partial charge in [-0.15, -0.1) is 11.6 Å². The molecule has 0 radical (unpaired) electrons. The molecule has 0 aliphatic carbocycles. The third-order valence-electron chi connectivity index (χ3n) is 2.94. The van der Waals surface area contributed by atoms with Crippen molar-refractivity contribution < 1.29 is 4.79 Å². The molecule has 20 heavy (non-hydrogen) atoms. The van der Waals surface area contributed by atoms with Crippen LogP contribution >= 0.6 is 11.6 Å². The molecule has 2 aromatic rings. The predicted octanol–water partition coefficient (Wildman–Crippen LogP) is 4.17. The number of nitrogens with one attached hydrogen (secondary N) is 2. The molecular formula is C16H17ClN2O. The average molecular weight is 289 g/mol. The molecule has 0 unspecified atom stereocenters. The summed E-state index contributed by atoms with van der Waals surface area (Å²) in [5.74, 6) is -0.244. The molecule has 2 rings (SSSR count). The van der Waals surface area contributed by atoms with Gasteiger partial charge in [-0.05, 0) is 48.4 Å². The van der Waals surface area contributed by atoms with Crippen molar-refractivity contribution in [2.24, 2.45) is 0 Å². The van der Waals surface area contributed by atoms with E-state index in [1.54, 1.807) is 0 Å². The van der Waals surface area contributed by atoms with Gasteiger partial charge in [-0.25, -0.2) is 0 Å². The molecule has 104 valence electrons. The van der Waals surface area contributed by atoms with Gasteiger partial charge < -0.3 is 10.6 Å². The van der Waals surface area contributed by atoms with E-state index in [-0.39, 0.29) is 11.8 Å². The summed E-state index contributed by atoms with van der Waals surface area (Å²) in [6, 6.07) is 15.8.